The summed E-state index contributed by atoms with van der Waals surface area (Å²) in [6.45, 7) is 10.9. The van der Waals surface area contributed by atoms with Gasteiger partial charge in [0.25, 0.3) is 0 Å². The number of nitrogens with zero attached hydrogens (tertiary/aromatic N) is 2. The number of likely N-dealkylation sites (N-methyl/N-ethyl adjacent to an activating group) is 1. The summed E-state index contributed by atoms with van der Waals surface area (Å²) in [5.74, 6) is 1.08. The molecule has 1 aliphatic rings. The Kier molecular flexibility index (Phi) is 5.62. The van der Waals surface area contributed by atoms with E-state index in [9.17, 15) is 4.79 Å². The van der Waals surface area contributed by atoms with Gasteiger partial charge in [-0.2, -0.15) is 0 Å². The number of hydrogen-bond acceptors (Lipinski definition) is 3. The highest BCUT2D eigenvalue weighted by Gasteiger charge is 2.20. The normalized spacial score (nSPS) is 16.3. The van der Waals surface area contributed by atoms with Crippen LogP contribution in [0.5, 0.6) is 5.75 Å². The summed E-state index contributed by atoms with van der Waals surface area (Å²) >= 11 is 0. The van der Waals surface area contributed by atoms with E-state index in [-0.39, 0.29) is 12.0 Å². The van der Waals surface area contributed by atoms with E-state index in [0.29, 0.717) is 6.42 Å². The van der Waals surface area contributed by atoms with E-state index < -0.39 is 0 Å². The number of amides is 1. The Morgan fingerprint density at radius 2 is 1.76 bits per heavy atom. The molecule has 1 saturated heterocycles. The van der Waals surface area contributed by atoms with Gasteiger partial charge in [0, 0.05) is 26.2 Å². The molecule has 1 aliphatic heterocycles. The van der Waals surface area contributed by atoms with E-state index in [2.05, 4.69) is 11.8 Å². The Bertz CT molecular complexity index is 448. The number of benzene rings is 1. The molecule has 0 atom stereocenters. The summed E-state index contributed by atoms with van der Waals surface area (Å²) < 4.78 is 5.61. The van der Waals surface area contributed by atoms with Crippen LogP contribution < -0.4 is 4.74 Å². The van der Waals surface area contributed by atoms with Crippen molar-refractivity contribution >= 4 is 5.91 Å². The zero-order chi connectivity index (χ0) is 15.2. The second kappa shape index (κ2) is 7.46. The smallest absolute Gasteiger partial charge is 0.227 e. The summed E-state index contributed by atoms with van der Waals surface area (Å²) in [4.78, 5) is 16.7. The van der Waals surface area contributed by atoms with Crippen molar-refractivity contribution < 1.29 is 9.53 Å². The van der Waals surface area contributed by atoms with Crippen LogP contribution in [0.3, 0.4) is 0 Å². The number of carbonyl (C=O) groups excluding carboxylic acids is 1. The van der Waals surface area contributed by atoms with E-state index in [4.69, 9.17) is 4.74 Å². The third-order valence-corrected chi connectivity index (χ3v) is 3.82. The molecule has 2 rings (SSSR count). The largest absolute Gasteiger partial charge is 0.491 e. The summed E-state index contributed by atoms with van der Waals surface area (Å²) in [5.41, 5.74) is 1.05. The molecular formula is C17H26N2O2. The van der Waals surface area contributed by atoms with Gasteiger partial charge in [0.05, 0.1) is 12.5 Å². The molecule has 0 radical (unpaired) electrons. The Morgan fingerprint density at radius 3 is 2.29 bits per heavy atom. The molecule has 4 nitrogen and oxygen atoms in total. The molecule has 1 heterocycles. The first-order valence-corrected chi connectivity index (χ1v) is 7.84. The highest BCUT2D eigenvalue weighted by Crippen LogP contribution is 2.15. The zero-order valence-electron chi connectivity index (χ0n) is 13.3. The van der Waals surface area contributed by atoms with Crippen molar-refractivity contribution in [2.45, 2.75) is 33.3 Å². The summed E-state index contributed by atoms with van der Waals surface area (Å²) in [7, 11) is 0. The summed E-state index contributed by atoms with van der Waals surface area (Å²) in [6, 6.07) is 7.85. The van der Waals surface area contributed by atoms with E-state index in [1.165, 1.54) is 0 Å². The molecule has 0 spiro atoms. The van der Waals surface area contributed by atoms with Crippen molar-refractivity contribution in [1.82, 2.24) is 9.80 Å². The third kappa shape index (κ3) is 4.74. The van der Waals surface area contributed by atoms with Gasteiger partial charge in [0.15, 0.2) is 0 Å². The SMILES string of the molecule is CCN1CCN(C(=O)Cc2ccc(OC(C)C)cc2)CC1. The van der Waals surface area contributed by atoms with E-state index >= 15 is 0 Å². The van der Waals surface area contributed by atoms with Gasteiger partial charge in [-0.05, 0) is 38.1 Å². The molecule has 0 unspecified atom stereocenters. The number of rotatable bonds is 5. The molecule has 0 aliphatic carbocycles. The lowest BCUT2D eigenvalue weighted by molar-refractivity contribution is -0.132. The first kappa shape index (κ1) is 15.8. The number of hydrogen-bond donors (Lipinski definition) is 0. The van der Waals surface area contributed by atoms with Crippen LogP contribution in [-0.2, 0) is 11.2 Å². The predicted octanol–water partition coefficient (Wildman–Crippen LogP) is 2.18. The van der Waals surface area contributed by atoms with Gasteiger partial charge in [-0.1, -0.05) is 19.1 Å². The van der Waals surface area contributed by atoms with Gasteiger partial charge in [-0.15, -0.1) is 0 Å². The van der Waals surface area contributed by atoms with Crippen LogP contribution in [0.2, 0.25) is 0 Å². The molecule has 1 fully saturated rings. The van der Waals surface area contributed by atoms with Crippen molar-refractivity contribution in [2.75, 3.05) is 32.7 Å². The maximum absolute atomic E-state index is 12.3. The molecule has 1 amide bonds. The van der Waals surface area contributed by atoms with Crippen LogP contribution in [0.4, 0.5) is 0 Å². The Morgan fingerprint density at radius 1 is 1.14 bits per heavy atom. The maximum Gasteiger partial charge on any atom is 0.227 e. The molecule has 21 heavy (non-hydrogen) atoms. The monoisotopic (exact) mass is 290 g/mol. The molecule has 0 saturated carbocycles. The lowest BCUT2D eigenvalue weighted by atomic mass is 10.1. The maximum atomic E-state index is 12.3. The van der Waals surface area contributed by atoms with Crippen LogP contribution in [0, 0.1) is 0 Å². The van der Waals surface area contributed by atoms with Crippen molar-refractivity contribution in [3.8, 4) is 5.75 Å². The second-order valence-corrected chi connectivity index (χ2v) is 5.80. The minimum absolute atomic E-state index is 0.173. The summed E-state index contributed by atoms with van der Waals surface area (Å²) in [6.07, 6.45) is 0.654. The average Bonchev–Trinajstić information content (AvgIpc) is 2.49. The fraction of sp³-hybridized carbons (Fsp3) is 0.588. The molecule has 1 aromatic rings. The summed E-state index contributed by atoms with van der Waals surface area (Å²) in [5, 5.41) is 0. The number of carbonyl (C=O) groups is 1. The van der Waals surface area contributed by atoms with Crippen molar-refractivity contribution in [3.63, 3.8) is 0 Å². The van der Waals surface area contributed by atoms with E-state index in [0.717, 1.165) is 44.0 Å². The van der Waals surface area contributed by atoms with Gasteiger partial charge in [-0.25, -0.2) is 0 Å². The van der Waals surface area contributed by atoms with Crippen molar-refractivity contribution in [1.29, 1.82) is 0 Å². The zero-order valence-corrected chi connectivity index (χ0v) is 13.3. The van der Waals surface area contributed by atoms with Gasteiger partial charge in [0.2, 0.25) is 5.91 Å². The van der Waals surface area contributed by atoms with Crippen LogP contribution in [0.15, 0.2) is 24.3 Å². The molecule has 0 N–H and O–H groups in total. The first-order chi connectivity index (χ1) is 10.1. The average molecular weight is 290 g/mol. The third-order valence-electron chi connectivity index (χ3n) is 3.82. The van der Waals surface area contributed by atoms with Gasteiger partial charge in [-0.3, -0.25) is 4.79 Å². The topological polar surface area (TPSA) is 32.8 Å². The molecular weight excluding hydrogens is 264 g/mol. The minimum Gasteiger partial charge on any atom is -0.491 e. The van der Waals surface area contributed by atoms with Crippen molar-refractivity contribution in [3.05, 3.63) is 29.8 Å². The first-order valence-electron chi connectivity index (χ1n) is 7.84. The van der Waals surface area contributed by atoms with E-state index in [1.807, 2.05) is 43.0 Å². The molecule has 0 bridgehead atoms. The van der Waals surface area contributed by atoms with Gasteiger partial charge >= 0.3 is 0 Å². The fourth-order valence-corrected chi connectivity index (χ4v) is 2.56. The second-order valence-electron chi connectivity index (χ2n) is 5.80. The van der Waals surface area contributed by atoms with Crippen LogP contribution in [0.1, 0.15) is 26.3 Å². The van der Waals surface area contributed by atoms with Crippen LogP contribution in [0.25, 0.3) is 0 Å². The molecule has 0 aromatic heterocycles. The Balaban J connectivity index is 1.85. The fourth-order valence-electron chi connectivity index (χ4n) is 2.56. The lowest BCUT2D eigenvalue weighted by Crippen LogP contribution is -2.48. The Hall–Kier alpha value is -1.55. The van der Waals surface area contributed by atoms with Crippen LogP contribution in [-0.4, -0.2) is 54.5 Å². The van der Waals surface area contributed by atoms with Crippen molar-refractivity contribution in [2.24, 2.45) is 0 Å². The highest BCUT2D eigenvalue weighted by molar-refractivity contribution is 5.78. The highest BCUT2D eigenvalue weighted by atomic mass is 16.5. The Labute approximate surface area is 127 Å². The molecule has 116 valence electrons. The molecule has 4 heteroatoms. The quantitative estimate of drug-likeness (QED) is 0.833. The van der Waals surface area contributed by atoms with Crippen LogP contribution >= 0.6 is 0 Å². The van der Waals surface area contributed by atoms with Gasteiger partial charge < -0.3 is 14.5 Å². The van der Waals surface area contributed by atoms with Gasteiger partial charge in [0.1, 0.15) is 5.75 Å². The standard InChI is InChI=1S/C17H26N2O2/c1-4-18-9-11-19(12-10-18)17(20)13-15-5-7-16(8-6-15)21-14(2)3/h5-8,14H,4,9-13H2,1-3H3. The van der Waals surface area contributed by atoms with E-state index in [1.54, 1.807) is 0 Å². The number of piperazine rings is 1. The predicted molar refractivity (Wildman–Crippen MR) is 84.6 cm³/mol. The number of ether oxygens (including phenoxy) is 1. The molecule has 1 aromatic carbocycles. The lowest BCUT2D eigenvalue weighted by Gasteiger charge is -2.34. The minimum atomic E-state index is 0.173.